The van der Waals surface area contributed by atoms with Crippen LogP contribution in [0.2, 0.25) is 0 Å². The van der Waals surface area contributed by atoms with Crippen LogP contribution in [0.3, 0.4) is 0 Å². The fourth-order valence-electron chi connectivity index (χ4n) is 1.29. The van der Waals surface area contributed by atoms with Crippen molar-refractivity contribution in [3.8, 4) is 0 Å². The Morgan fingerprint density at radius 3 is 1.35 bits per heavy atom. The third kappa shape index (κ3) is 6.38. The molecule has 0 bridgehead atoms. The maximum atomic E-state index is 12.0. The zero-order valence-corrected chi connectivity index (χ0v) is 15.0. The van der Waals surface area contributed by atoms with Crippen LogP contribution < -0.4 is 0 Å². The molecule has 0 fully saturated rings. The normalized spacial score (nSPS) is 14.4. The van der Waals surface area contributed by atoms with Gasteiger partial charge in [-0.2, -0.15) is 0 Å². The van der Waals surface area contributed by atoms with Crippen molar-refractivity contribution in [2.75, 3.05) is 7.11 Å². The molecule has 2 atom stereocenters. The van der Waals surface area contributed by atoms with Crippen molar-refractivity contribution < 1.29 is 33.4 Å². The summed E-state index contributed by atoms with van der Waals surface area (Å²) in [6, 6.07) is 0. The summed E-state index contributed by atoms with van der Waals surface area (Å²) in [7, 11) is 1.09. The molecule has 0 aliphatic rings. The van der Waals surface area contributed by atoms with Gasteiger partial charge in [0.15, 0.2) is 5.78 Å². The lowest BCUT2D eigenvalue weighted by molar-refractivity contribution is -0.189. The number of rotatable bonds is 5. The van der Waals surface area contributed by atoms with E-state index in [0.717, 1.165) is 14.0 Å². The second-order valence-electron chi connectivity index (χ2n) is 7.29. The minimum atomic E-state index is -1.64. The smallest absolute Gasteiger partial charge is 0.351 e. The fourth-order valence-corrected chi connectivity index (χ4v) is 1.29. The Balaban J connectivity index is 5.53. The van der Waals surface area contributed by atoms with Gasteiger partial charge >= 0.3 is 17.9 Å². The summed E-state index contributed by atoms with van der Waals surface area (Å²) in [6.07, 6.45) is -3.20. The second kappa shape index (κ2) is 7.57. The third-order valence-corrected chi connectivity index (χ3v) is 2.80. The van der Waals surface area contributed by atoms with Crippen LogP contribution in [0.15, 0.2) is 0 Å². The first-order valence-corrected chi connectivity index (χ1v) is 7.22. The maximum Gasteiger partial charge on any atom is 0.351 e. The van der Waals surface area contributed by atoms with E-state index < -0.39 is 46.7 Å². The van der Waals surface area contributed by atoms with Crippen LogP contribution in [0.1, 0.15) is 48.5 Å². The van der Waals surface area contributed by atoms with Crippen molar-refractivity contribution in [1.29, 1.82) is 0 Å². The molecule has 132 valence electrons. The predicted molar refractivity (Wildman–Crippen MR) is 81.4 cm³/mol. The summed E-state index contributed by atoms with van der Waals surface area (Å²) in [5, 5.41) is 0. The molecule has 0 unspecified atom stereocenters. The quantitative estimate of drug-likeness (QED) is 0.558. The standard InChI is InChI=1S/C16H26O7/c1-9(17)10(22-13(19)15(2,3)4)11(12(18)21-8)23-14(20)16(5,6)7/h10-11H,1-8H3/t10-,11+/m0/s1. The Morgan fingerprint density at radius 2 is 1.09 bits per heavy atom. The van der Waals surface area contributed by atoms with E-state index in [2.05, 4.69) is 4.74 Å². The number of Topliss-reactive ketones (excluding diaryl/α,β-unsaturated/α-hetero) is 1. The Kier molecular flexibility index (Phi) is 6.94. The minimum Gasteiger partial charge on any atom is -0.466 e. The van der Waals surface area contributed by atoms with E-state index in [1.807, 2.05) is 0 Å². The number of carbonyl (C=O) groups is 4. The summed E-state index contributed by atoms with van der Waals surface area (Å²) in [5.74, 6) is -3.01. The Labute approximate surface area is 136 Å². The highest BCUT2D eigenvalue weighted by atomic mass is 16.6. The van der Waals surface area contributed by atoms with Gasteiger partial charge < -0.3 is 14.2 Å². The number of ketones is 1. The number of hydrogen-bond acceptors (Lipinski definition) is 7. The molecule has 0 radical (unpaired) electrons. The molecule has 0 saturated carbocycles. The van der Waals surface area contributed by atoms with Gasteiger partial charge in [0.2, 0.25) is 12.2 Å². The Bertz CT molecular complexity index is 480. The van der Waals surface area contributed by atoms with E-state index in [1.165, 1.54) is 0 Å². The van der Waals surface area contributed by atoms with Crippen LogP contribution in [0.4, 0.5) is 0 Å². The fraction of sp³-hybridized carbons (Fsp3) is 0.750. The zero-order chi connectivity index (χ0) is 18.6. The first-order chi connectivity index (χ1) is 10.2. The van der Waals surface area contributed by atoms with Crippen LogP contribution in [0, 0.1) is 10.8 Å². The molecule has 0 rings (SSSR count). The molecule has 0 amide bonds. The van der Waals surface area contributed by atoms with Crippen molar-refractivity contribution in [3.63, 3.8) is 0 Å². The van der Waals surface area contributed by atoms with Crippen LogP contribution in [-0.2, 0) is 33.4 Å². The number of hydrogen-bond donors (Lipinski definition) is 0. The monoisotopic (exact) mass is 330 g/mol. The van der Waals surface area contributed by atoms with Crippen LogP contribution in [-0.4, -0.2) is 43.0 Å². The van der Waals surface area contributed by atoms with Gasteiger partial charge in [-0.3, -0.25) is 14.4 Å². The summed E-state index contributed by atoms with van der Waals surface area (Å²) in [4.78, 5) is 47.8. The van der Waals surface area contributed by atoms with Crippen molar-refractivity contribution in [2.45, 2.75) is 60.7 Å². The number of ether oxygens (including phenoxy) is 3. The number of carbonyl (C=O) groups excluding carboxylic acids is 4. The first-order valence-electron chi connectivity index (χ1n) is 7.22. The zero-order valence-electron chi connectivity index (χ0n) is 15.0. The molecule has 0 aliphatic carbocycles. The van der Waals surface area contributed by atoms with Crippen molar-refractivity contribution in [2.24, 2.45) is 10.8 Å². The van der Waals surface area contributed by atoms with Crippen LogP contribution in [0.5, 0.6) is 0 Å². The average Bonchev–Trinajstić information content (AvgIpc) is 2.38. The molecular weight excluding hydrogens is 304 g/mol. The van der Waals surface area contributed by atoms with Gasteiger partial charge in [-0.05, 0) is 48.5 Å². The van der Waals surface area contributed by atoms with E-state index in [1.54, 1.807) is 41.5 Å². The minimum absolute atomic E-state index is 0.625. The lowest BCUT2D eigenvalue weighted by Crippen LogP contribution is -2.48. The van der Waals surface area contributed by atoms with Gasteiger partial charge in [0.05, 0.1) is 17.9 Å². The molecule has 23 heavy (non-hydrogen) atoms. The SMILES string of the molecule is COC(=O)[C@H](OC(=O)C(C)(C)C)[C@@H](OC(=O)C(C)(C)C)C(C)=O. The molecule has 0 N–H and O–H groups in total. The van der Waals surface area contributed by atoms with E-state index >= 15 is 0 Å². The molecule has 0 spiro atoms. The van der Waals surface area contributed by atoms with E-state index in [0.29, 0.717) is 0 Å². The molecule has 0 heterocycles. The van der Waals surface area contributed by atoms with E-state index in [9.17, 15) is 19.2 Å². The molecule has 0 aliphatic heterocycles. The molecule has 7 heteroatoms. The number of esters is 3. The summed E-state index contributed by atoms with van der Waals surface area (Å²) in [6.45, 7) is 10.7. The molecule has 0 aromatic carbocycles. The largest absolute Gasteiger partial charge is 0.466 e. The van der Waals surface area contributed by atoms with Gasteiger partial charge in [0.25, 0.3) is 0 Å². The molecule has 0 aromatic rings. The van der Waals surface area contributed by atoms with Crippen LogP contribution >= 0.6 is 0 Å². The van der Waals surface area contributed by atoms with Gasteiger partial charge in [0.1, 0.15) is 0 Å². The Hall–Kier alpha value is -1.92. The third-order valence-electron chi connectivity index (χ3n) is 2.80. The summed E-state index contributed by atoms with van der Waals surface area (Å²) < 4.78 is 14.8. The lowest BCUT2D eigenvalue weighted by Gasteiger charge is -2.28. The Morgan fingerprint density at radius 1 is 0.739 bits per heavy atom. The highest BCUT2D eigenvalue weighted by Gasteiger charge is 2.42. The lowest BCUT2D eigenvalue weighted by atomic mass is 9.96. The molecule has 7 nitrogen and oxygen atoms in total. The van der Waals surface area contributed by atoms with Crippen molar-refractivity contribution >= 4 is 23.7 Å². The molecule has 0 aromatic heterocycles. The van der Waals surface area contributed by atoms with E-state index in [4.69, 9.17) is 9.47 Å². The maximum absolute atomic E-state index is 12.0. The summed E-state index contributed by atoms with van der Waals surface area (Å²) >= 11 is 0. The molecule has 0 saturated heterocycles. The van der Waals surface area contributed by atoms with E-state index in [-0.39, 0.29) is 0 Å². The average molecular weight is 330 g/mol. The summed E-state index contributed by atoms with van der Waals surface area (Å²) in [5.41, 5.74) is -1.79. The van der Waals surface area contributed by atoms with Crippen molar-refractivity contribution in [1.82, 2.24) is 0 Å². The number of methoxy groups -OCH3 is 1. The van der Waals surface area contributed by atoms with Crippen LogP contribution in [0.25, 0.3) is 0 Å². The van der Waals surface area contributed by atoms with Gasteiger partial charge in [-0.25, -0.2) is 4.79 Å². The second-order valence-corrected chi connectivity index (χ2v) is 7.29. The predicted octanol–water partition coefficient (Wildman–Crippen LogP) is 1.66. The van der Waals surface area contributed by atoms with Crippen molar-refractivity contribution in [3.05, 3.63) is 0 Å². The van der Waals surface area contributed by atoms with Gasteiger partial charge in [-0.15, -0.1) is 0 Å². The highest BCUT2D eigenvalue weighted by molar-refractivity contribution is 5.92. The van der Waals surface area contributed by atoms with Gasteiger partial charge in [0, 0.05) is 0 Å². The first kappa shape index (κ1) is 21.1. The topological polar surface area (TPSA) is 96.0 Å². The highest BCUT2D eigenvalue weighted by Crippen LogP contribution is 2.22. The van der Waals surface area contributed by atoms with Gasteiger partial charge in [-0.1, -0.05) is 0 Å². The molecular formula is C16H26O7.